The molecule has 2 nitrogen and oxygen atoms in total. The zero-order valence-corrected chi connectivity index (χ0v) is 11.1. The third-order valence-corrected chi connectivity index (χ3v) is 3.09. The van der Waals surface area contributed by atoms with Crippen molar-refractivity contribution in [2.45, 2.75) is 53.1 Å². The van der Waals surface area contributed by atoms with Crippen LogP contribution in [0.4, 0.5) is 0 Å². The molecule has 1 saturated carbocycles. The Morgan fingerprint density at radius 1 is 1.31 bits per heavy atom. The van der Waals surface area contributed by atoms with E-state index in [1.807, 2.05) is 27.7 Å². The predicted molar refractivity (Wildman–Crippen MR) is 66.0 cm³/mol. The van der Waals surface area contributed by atoms with E-state index in [1.165, 1.54) is 0 Å². The minimum atomic E-state index is -0.366. The zero-order valence-electron chi connectivity index (χ0n) is 11.1. The van der Waals surface area contributed by atoms with Crippen LogP contribution in [0.3, 0.4) is 0 Å². The van der Waals surface area contributed by atoms with Gasteiger partial charge in [0.25, 0.3) is 0 Å². The van der Waals surface area contributed by atoms with Gasteiger partial charge >= 0.3 is 5.97 Å². The topological polar surface area (TPSA) is 26.3 Å². The molecule has 0 aromatic rings. The van der Waals surface area contributed by atoms with E-state index < -0.39 is 0 Å². The molecule has 0 aromatic carbocycles. The number of hydrogen-bond donors (Lipinski definition) is 0. The van der Waals surface area contributed by atoms with E-state index in [4.69, 9.17) is 4.74 Å². The number of rotatable bonds is 2. The van der Waals surface area contributed by atoms with E-state index in [1.54, 1.807) is 0 Å². The average molecular weight is 224 g/mol. The van der Waals surface area contributed by atoms with Gasteiger partial charge in [-0.15, -0.1) is 0 Å². The highest BCUT2D eigenvalue weighted by Crippen LogP contribution is 2.38. The third kappa shape index (κ3) is 3.66. The molecule has 1 aliphatic carbocycles. The van der Waals surface area contributed by atoms with Crippen molar-refractivity contribution in [3.8, 4) is 0 Å². The molecular weight excluding hydrogens is 200 g/mol. The second-order valence-corrected chi connectivity index (χ2v) is 5.87. The molecule has 1 aliphatic rings. The van der Waals surface area contributed by atoms with Crippen LogP contribution in [-0.4, -0.2) is 11.6 Å². The number of allylic oxidation sites excluding steroid dienone is 2. The average Bonchev–Trinajstić information content (AvgIpc) is 2.44. The van der Waals surface area contributed by atoms with Gasteiger partial charge in [0.15, 0.2) is 0 Å². The second kappa shape index (κ2) is 5.03. The van der Waals surface area contributed by atoms with Gasteiger partial charge in [0.1, 0.15) is 5.60 Å². The van der Waals surface area contributed by atoms with E-state index in [-0.39, 0.29) is 17.5 Å². The lowest BCUT2D eigenvalue weighted by molar-refractivity contribution is -0.161. The molecule has 0 aromatic heterocycles. The normalized spacial score (nSPS) is 30.9. The maximum atomic E-state index is 12.0. The zero-order chi connectivity index (χ0) is 12.3. The monoisotopic (exact) mass is 224 g/mol. The van der Waals surface area contributed by atoms with Crippen molar-refractivity contribution >= 4 is 5.97 Å². The van der Waals surface area contributed by atoms with Crippen LogP contribution in [0.2, 0.25) is 0 Å². The van der Waals surface area contributed by atoms with Gasteiger partial charge in [-0.2, -0.15) is 0 Å². The van der Waals surface area contributed by atoms with Crippen LogP contribution in [0.15, 0.2) is 12.2 Å². The first-order valence-corrected chi connectivity index (χ1v) is 6.19. The third-order valence-electron chi connectivity index (χ3n) is 3.09. The molecule has 1 rings (SSSR count). The lowest BCUT2D eigenvalue weighted by atomic mass is 9.98. The molecule has 0 heterocycles. The smallest absolute Gasteiger partial charge is 0.309 e. The van der Waals surface area contributed by atoms with Crippen molar-refractivity contribution in [2.24, 2.45) is 17.8 Å². The summed E-state index contributed by atoms with van der Waals surface area (Å²) in [6, 6.07) is 0. The first-order valence-electron chi connectivity index (χ1n) is 6.19. The van der Waals surface area contributed by atoms with Gasteiger partial charge in [-0.05, 0) is 52.4 Å². The lowest BCUT2D eigenvalue weighted by Crippen LogP contribution is -2.29. The van der Waals surface area contributed by atoms with Crippen LogP contribution in [0.5, 0.6) is 0 Å². The molecule has 3 unspecified atom stereocenters. The standard InChI is InChI=1S/C14H24O2/c1-6-7-11-8-10(2)12(9-11)13(15)16-14(3,4)5/h6-7,10-12H,8-9H2,1-5H3/b7-6-. The summed E-state index contributed by atoms with van der Waals surface area (Å²) >= 11 is 0. The quantitative estimate of drug-likeness (QED) is 0.529. The molecule has 0 saturated heterocycles. The Kier molecular flexibility index (Phi) is 4.17. The number of carbonyl (C=O) groups excluding carboxylic acids is 1. The molecule has 0 bridgehead atoms. The predicted octanol–water partition coefficient (Wildman–Crippen LogP) is 3.57. The van der Waals surface area contributed by atoms with E-state index in [0.29, 0.717) is 11.8 Å². The summed E-state index contributed by atoms with van der Waals surface area (Å²) in [6.07, 6.45) is 6.34. The van der Waals surface area contributed by atoms with Crippen molar-refractivity contribution in [2.75, 3.05) is 0 Å². The Hall–Kier alpha value is -0.790. The Balaban J connectivity index is 2.58. The van der Waals surface area contributed by atoms with E-state index >= 15 is 0 Å². The summed E-state index contributed by atoms with van der Waals surface area (Å²) < 4.78 is 5.46. The van der Waals surface area contributed by atoms with Gasteiger partial charge in [-0.1, -0.05) is 19.1 Å². The largest absolute Gasteiger partial charge is 0.460 e. The molecule has 0 spiro atoms. The van der Waals surface area contributed by atoms with E-state index in [9.17, 15) is 4.79 Å². The maximum Gasteiger partial charge on any atom is 0.309 e. The Morgan fingerprint density at radius 2 is 1.94 bits per heavy atom. The number of esters is 1. The Morgan fingerprint density at radius 3 is 2.44 bits per heavy atom. The van der Waals surface area contributed by atoms with Crippen LogP contribution >= 0.6 is 0 Å². The Bertz CT molecular complexity index is 273. The minimum Gasteiger partial charge on any atom is -0.460 e. The first kappa shape index (κ1) is 13.3. The number of carbonyl (C=O) groups is 1. The molecule has 0 aliphatic heterocycles. The molecule has 0 radical (unpaired) electrons. The van der Waals surface area contributed by atoms with Crippen LogP contribution < -0.4 is 0 Å². The summed E-state index contributed by atoms with van der Waals surface area (Å²) in [5.74, 6) is 1.06. The van der Waals surface area contributed by atoms with Crippen LogP contribution in [-0.2, 0) is 9.53 Å². The van der Waals surface area contributed by atoms with Crippen molar-refractivity contribution in [1.82, 2.24) is 0 Å². The fraction of sp³-hybridized carbons (Fsp3) is 0.786. The molecule has 92 valence electrons. The Labute approximate surface area is 99.1 Å². The molecular formula is C14H24O2. The van der Waals surface area contributed by atoms with Crippen LogP contribution in [0.1, 0.15) is 47.5 Å². The van der Waals surface area contributed by atoms with Gasteiger partial charge < -0.3 is 4.74 Å². The summed E-state index contributed by atoms with van der Waals surface area (Å²) in [6.45, 7) is 9.96. The number of ether oxygens (including phenoxy) is 1. The van der Waals surface area contributed by atoms with E-state index in [0.717, 1.165) is 12.8 Å². The molecule has 0 amide bonds. The van der Waals surface area contributed by atoms with Gasteiger partial charge in [0, 0.05) is 0 Å². The summed E-state index contributed by atoms with van der Waals surface area (Å²) in [4.78, 5) is 12.0. The fourth-order valence-electron chi connectivity index (χ4n) is 2.43. The van der Waals surface area contributed by atoms with Crippen molar-refractivity contribution < 1.29 is 9.53 Å². The van der Waals surface area contributed by atoms with Gasteiger partial charge in [0.05, 0.1) is 5.92 Å². The van der Waals surface area contributed by atoms with Gasteiger partial charge in [-0.3, -0.25) is 4.79 Å². The van der Waals surface area contributed by atoms with Crippen molar-refractivity contribution in [3.05, 3.63) is 12.2 Å². The highest BCUT2D eigenvalue weighted by molar-refractivity contribution is 5.73. The van der Waals surface area contributed by atoms with Crippen molar-refractivity contribution in [1.29, 1.82) is 0 Å². The molecule has 0 N–H and O–H groups in total. The maximum absolute atomic E-state index is 12.0. The SMILES string of the molecule is C/C=C\C1CC(C)C(C(=O)OC(C)(C)C)C1. The molecule has 16 heavy (non-hydrogen) atoms. The minimum absolute atomic E-state index is 0.0213. The summed E-state index contributed by atoms with van der Waals surface area (Å²) in [5, 5.41) is 0. The van der Waals surface area contributed by atoms with Gasteiger partial charge in [0.2, 0.25) is 0 Å². The van der Waals surface area contributed by atoms with Crippen LogP contribution in [0, 0.1) is 17.8 Å². The summed E-state index contributed by atoms with van der Waals surface area (Å²) in [5.41, 5.74) is -0.366. The number of hydrogen-bond acceptors (Lipinski definition) is 2. The second-order valence-electron chi connectivity index (χ2n) is 5.87. The highest BCUT2D eigenvalue weighted by atomic mass is 16.6. The van der Waals surface area contributed by atoms with Crippen molar-refractivity contribution in [3.63, 3.8) is 0 Å². The first-order chi connectivity index (χ1) is 7.33. The molecule has 2 heteroatoms. The molecule has 1 fully saturated rings. The van der Waals surface area contributed by atoms with Gasteiger partial charge in [-0.25, -0.2) is 0 Å². The fourth-order valence-corrected chi connectivity index (χ4v) is 2.43. The van der Waals surface area contributed by atoms with Crippen LogP contribution in [0.25, 0.3) is 0 Å². The highest BCUT2D eigenvalue weighted by Gasteiger charge is 2.37. The molecule has 3 atom stereocenters. The summed E-state index contributed by atoms with van der Waals surface area (Å²) in [7, 11) is 0. The lowest BCUT2D eigenvalue weighted by Gasteiger charge is -2.23. The van der Waals surface area contributed by atoms with E-state index in [2.05, 4.69) is 19.1 Å².